The highest BCUT2D eigenvalue weighted by Gasteiger charge is 2.22. The molecule has 0 saturated carbocycles. The van der Waals surface area contributed by atoms with Crippen molar-refractivity contribution in [2.24, 2.45) is 0 Å². The molecular formula is C15H20Br2N2O. The number of hydrogen-bond acceptors (Lipinski definition) is 2. The standard InChI is InChI=1S/C15H20Br2N2O/c1-2-6-19(10-14-4-3-5-18-14)15(20)11-7-12(16)9-13(17)8-11/h7-9,14,18H,2-6,10H2,1H3. The van der Waals surface area contributed by atoms with Crippen molar-refractivity contribution in [1.29, 1.82) is 0 Å². The molecule has 0 radical (unpaired) electrons. The zero-order chi connectivity index (χ0) is 14.5. The Bertz CT molecular complexity index is 453. The Morgan fingerprint density at radius 3 is 2.60 bits per heavy atom. The average molecular weight is 404 g/mol. The van der Waals surface area contributed by atoms with Gasteiger partial charge in [-0.25, -0.2) is 0 Å². The van der Waals surface area contributed by atoms with Crippen LogP contribution in [0.2, 0.25) is 0 Å². The largest absolute Gasteiger partial charge is 0.337 e. The Morgan fingerprint density at radius 2 is 2.05 bits per heavy atom. The van der Waals surface area contributed by atoms with Gasteiger partial charge in [0.25, 0.3) is 5.91 Å². The molecule has 0 aromatic heterocycles. The van der Waals surface area contributed by atoms with Gasteiger partial charge in [0, 0.05) is 33.6 Å². The number of hydrogen-bond donors (Lipinski definition) is 1. The SMILES string of the molecule is CCCN(CC1CCCN1)C(=O)c1cc(Br)cc(Br)c1. The summed E-state index contributed by atoms with van der Waals surface area (Å²) >= 11 is 6.89. The Hall–Kier alpha value is -0.390. The van der Waals surface area contributed by atoms with Crippen molar-refractivity contribution in [1.82, 2.24) is 10.2 Å². The van der Waals surface area contributed by atoms with Crippen molar-refractivity contribution in [3.05, 3.63) is 32.7 Å². The maximum atomic E-state index is 12.7. The van der Waals surface area contributed by atoms with E-state index in [2.05, 4.69) is 44.1 Å². The predicted octanol–water partition coefficient (Wildman–Crippen LogP) is 3.82. The van der Waals surface area contributed by atoms with E-state index in [0.717, 1.165) is 47.0 Å². The first-order chi connectivity index (χ1) is 9.60. The van der Waals surface area contributed by atoms with Crippen LogP contribution in [-0.2, 0) is 0 Å². The number of carbonyl (C=O) groups excluding carboxylic acids is 1. The van der Waals surface area contributed by atoms with Crippen molar-refractivity contribution in [2.75, 3.05) is 19.6 Å². The Balaban J connectivity index is 2.12. The second-order valence-corrected chi connectivity index (χ2v) is 7.03. The van der Waals surface area contributed by atoms with Crippen LogP contribution in [-0.4, -0.2) is 36.5 Å². The van der Waals surface area contributed by atoms with Crippen LogP contribution in [0, 0.1) is 0 Å². The quantitative estimate of drug-likeness (QED) is 0.810. The number of nitrogens with zero attached hydrogens (tertiary/aromatic N) is 1. The van der Waals surface area contributed by atoms with Crippen LogP contribution in [0.1, 0.15) is 36.5 Å². The summed E-state index contributed by atoms with van der Waals surface area (Å²) in [6.07, 6.45) is 3.35. The molecule has 1 fully saturated rings. The molecule has 3 nitrogen and oxygen atoms in total. The van der Waals surface area contributed by atoms with E-state index in [1.807, 2.05) is 23.1 Å². The molecule has 0 spiro atoms. The monoisotopic (exact) mass is 402 g/mol. The first-order valence-electron chi connectivity index (χ1n) is 7.09. The van der Waals surface area contributed by atoms with Crippen molar-refractivity contribution in [3.63, 3.8) is 0 Å². The highest BCUT2D eigenvalue weighted by Crippen LogP contribution is 2.21. The fourth-order valence-electron chi connectivity index (χ4n) is 2.58. The molecule has 1 heterocycles. The Kier molecular flexibility index (Phi) is 6.05. The van der Waals surface area contributed by atoms with Gasteiger partial charge in [-0.15, -0.1) is 0 Å². The van der Waals surface area contributed by atoms with E-state index in [4.69, 9.17) is 0 Å². The summed E-state index contributed by atoms with van der Waals surface area (Å²) in [5.41, 5.74) is 0.734. The molecule has 110 valence electrons. The molecule has 1 aliphatic rings. The molecule has 1 aromatic rings. The van der Waals surface area contributed by atoms with Crippen LogP contribution >= 0.6 is 31.9 Å². The Labute approximate surface area is 137 Å². The molecule has 1 amide bonds. The minimum absolute atomic E-state index is 0.113. The molecule has 1 saturated heterocycles. The van der Waals surface area contributed by atoms with E-state index in [9.17, 15) is 4.79 Å². The second kappa shape index (κ2) is 7.57. The van der Waals surface area contributed by atoms with Crippen LogP contribution in [0.4, 0.5) is 0 Å². The van der Waals surface area contributed by atoms with Crippen LogP contribution in [0.25, 0.3) is 0 Å². The van der Waals surface area contributed by atoms with Gasteiger partial charge in [-0.1, -0.05) is 38.8 Å². The molecule has 1 unspecified atom stereocenters. The molecule has 0 aliphatic carbocycles. The number of nitrogens with one attached hydrogen (secondary N) is 1. The third-order valence-electron chi connectivity index (χ3n) is 3.49. The minimum Gasteiger partial charge on any atom is -0.337 e. The van der Waals surface area contributed by atoms with Crippen molar-refractivity contribution < 1.29 is 4.79 Å². The minimum atomic E-state index is 0.113. The zero-order valence-corrected chi connectivity index (χ0v) is 14.8. The Morgan fingerprint density at radius 1 is 1.35 bits per heavy atom. The number of halogens is 2. The zero-order valence-electron chi connectivity index (χ0n) is 11.7. The van der Waals surface area contributed by atoms with Gasteiger partial charge in [0.1, 0.15) is 0 Å². The smallest absolute Gasteiger partial charge is 0.253 e. The van der Waals surface area contributed by atoms with E-state index >= 15 is 0 Å². The fourth-order valence-corrected chi connectivity index (χ4v) is 3.88. The number of benzene rings is 1. The maximum Gasteiger partial charge on any atom is 0.253 e. The van der Waals surface area contributed by atoms with Gasteiger partial charge in [0.2, 0.25) is 0 Å². The molecule has 2 rings (SSSR count). The average Bonchev–Trinajstić information content (AvgIpc) is 2.89. The van der Waals surface area contributed by atoms with E-state index in [1.54, 1.807) is 0 Å². The maximum absolute atomic E-state index is 12.7. The summed E-state index contributed by atoms with van der Waals surface area (Å²) in [6.45, 7) is 4.79. The highest BCUT2D eigenvalue weighted by molar-refractivity contribution is 9.11. The second-order valence-electron chi connectivity index (χ2n) is 5.20. The van der Waals surface area contributed by atoms with Gasteiger partial charge in [-0.3, -0.25) is 4.79 Å². The van der Waals surface area contributed by atoms with E-state index < -0.39 is 0 Å². The normalized spacial score (nSPS) is 18.2. The highest BCUT2D eigenvalue weighted by atomic mass is 79.9. The van der Waals surface area contributed by atoms with Crippen LogP contribution in [0.5, 0.6) is 0 Å². The lowest BCUT2D eigenvalue weighted by atomic mass is 10.1. The third kappa shape index (κ3) is 4.30. The summed E-state index contributed by atoms with van der Waals surface area (Å²) in [4.78, 5) is 14.7. The van der Waals surface area contributed by atoms with Crippen LogP contribution < -0.4 is 5.32 Å². The molecule has 1 aliphatic heterocycles. The molecular weight excluding hydrogens is 384 g/mol. The summed E-state index contributed by atoms with van der Waals surface area (Å²) in [5, 5.41) is 3.46. The number of amides is 1. The molecule has 1 aromatic carbocycles. The molecule has 1 atom stereocenters. The van der Waals surface area contributed by atoms with E-state index in [1.165, 1.54) is 6.42 Å². The van der Waals surface area contributed by atoms with Crippen LogP contribution in [0.3, 0.4) is 0 Å². The summed E-state index contributed by atoms with van der Waals surface area (Å²) in [5.74, 6) is 0.113. The lowest BCUT2D eigenvalue weighted by Gasteiger charge is -2.25. The van der Waals surface area contributed by atoms with Gasteiger partial charge in [-0.05, 0) is 44.0 Å². The van der Waals surface area contributed by atoms with E-state index in [0.29, 0.717) is 6.04 Å². The van der Waals surface area contributed by atoms with Gasteiger partial charge in [-0.2, -0.15) is 0 Å². The fraction of sp³-hybridized carbons (Fsp3) is 0.533. The van der Waals surface area contributed by atoms with Crippen molar-refractivity contribution >= 4 is 37.8 Å². The van der Waals surface area contributed by atoms with Crippen molar-refractivity contribution in [3.8, 4) is 0 Å². The topological polar surface area (TPSA) is 32.3 Å². The van der Waals surface area contributed by atoms with Gasteiger partial charge in [0.05, 0.1) is 0 Å². The summed E-state index contributed by atoms with van der Waals surface area (Å²) < 4.78 is 1.84. The lowest BCUT2D eigenvalue weighted by Crippen LogP contribution is -2.41. The first-order valence-corrected chi connectivity index (χ1v) is 8.67. The first kappa shape index (κ1) is 16.0. The van der Waals surface area contributed by atoms with Gasteiger partial charge in [0.15, 0.2) is 0 Å². The van der Waals surface area contributed by atoms with Crippen LogP contribution in [0.15, 0.2) is 27.1 Å². The van der Waals surface area contributed by atoms with Crippen molar-refractivity contribution in [2.45, 2.75) is 32.2 Å². The summed E-state index contributed by atoms with van der Waals surface area (Å²) in [7, 11) is 0. The van der Waals surface area contributed by atoms with Gasteiger partial charge >= 0.3 is 0 Å². The van der Waals surface area contributed by atoms with E-state index in [-0.39, 0.29) is 5.91 Å². The third-order valence-corrected chi connectivity index (χ3v) is 4.41. The molecule has 0 bridgehead atoms. The molecule has 5 heteroatoms. The molecule has 20 heavy (non-hydrogen) atoms. The summed E-state index contributed by atoms with van der Waals surface area (Å²) in [6, 6.07) is 6.16. The molecule has 1 N–H and O–H groups in total. The predicted molar refractivity (Wildman–Crippen MR) is 89.1 cm³/mol. The number of carbonyl (C=O) groups is 1. The number of rotatable bonds is 5. The van der Waals surface area contributed by atoms with Gasteiger partial charge < -0.3 is 10.2 Å². The lowest BCUT2D eigenvalue weighted by molar-refractivity contribution is 0.0741.